The minimum Gasteiger partial charge on any atom is -0.333 e. The van der Waals surface area contributed by atoms with Crippen molar-refractivity contribution >= 4 is 12.4 Å². The van der Waals surface area contributed by atoms with Crippen LogP contribution in [0.15, 0.2) is 37.4 Å². The van der Waals surface area contributed by atoms with Crippen LogP contribution in [0.2, 0.25) is 0 Å². The van der Waals surface area contributed by atoms with E-state index in [1.54, 1.807) is 0 Å². The second-order valence-electron chi connectivity index (χ2n) is 5.03. The van der Waals surface area contributed by atoms with Gasteiger partial charge in [-0.25, -0.2) is 0 Å². The zero-order chi connectivity index (χ0) is 21.1. The number of nitrogens with zero attached hydrogens (tertiary/aromatic N) is 1. The molecule has 2 unspecified atom stereocenters. The van der Waals surface area contributed by atoms with E-state index in [1.807, 2.05) is 58.0 Å². The first-order valence-corrected chi connectivity index (χ1v) is 9.31. The van der Waals surface area contributed by atoms with Crippen molar-refractivity contribution in [3.63, 3.8) is 0 Å². The summed E-state index contributed by atoms with van der Waals surface area (Å²) in [6.45, 7) is 17.7. The molecular formula is C22H39FN2O. The lowest BCUT2D eigenvalue weighted by molar-refractivity contribution is -0.117. The standard InChI is InChI=1S/C17H22FNO.2C2H6.CH5N/c1-5-7-13(3)17-11-14(8-9-15(17)6-2)10-16(12-20)19(4)18;3*1-2/h5-6,8-9,11-13,16H,1-2,7,10H2,3-4H3;2*1-2H3;2H2,1H3. The highest BCUT2D eigenvalue weighted by Crippen LogP contribution is 2.26. The molecule has 0 bridgehead atoms. The molecule has 0 saturated carbocycles. The molecule has 150 valence electrons. The van der Waals surface area contributed by atoms with Gasteiger partial charge < -0.3 is 10.5 Å². The van der Waals surface area contributed by atoms with E-state index in [0.29, 0.717) is 23.7 Å². The molecule has 0 fully saturated rings. The molecule has 1 rings (SSSR count). The number of allylic oxidation sites excluding steroid dienone is 1. The summed E-state index contributed by atoms with van der Waals surface area (Å²) < 4.78 is 13.1. The molecule has 0 aliphatic rings. The normalized spacial score (nSPS) is 11.3. The van der Waals surface area contributed by atoms with Crippen molar-refractivity contribution in [3.05, 3.63) is 54.1 Å². The fraction of sp³-hybridized carbons (Fsp3) is 0.500. The molecule has 0 aliphatic carbocycles. The summed E-state index contributed by atoms with van der Waals surface area (Å²) in [5.41, 5.74) is 7.67. The Hall–Kier alpha value is -1.78. The topological polar surface area (TPSA) is 46.3 Å². The first-order chi connectivity index (χ1) is 12.5. The Kier molecular flexibility index (Phi) is 21.8. The Morgan fingerprint density at radius 1 is 1.19 bits per heavy atom. The quantitative estimate of drug-likeness (QED) is 0.372. The highest BCUT2D eigenvalue weighted by atomic mass is 19.2. The SMILES string of the molecule is C=CCC(C)c1cc(CC(C=O)N(C)F)ccc1C=C.CC.CC.CN. The number of nitrogens with two attached hydrogens (primary N) is 1. The van der Waals surface area contributed by atoms with Gasteiger partial charge in [0.25, 0.3) is 0 Å². The summed E-state index contributed by atoms with van der Waals surface area (Å²) in [6, 6.07) is 5.18. The lowest BCUT2D eigenvalue weighted by Crippen LogP contribution is -2.28. The van der Waals surface area contributed by atoms with Gasteiger partial charge in [0.2, 0.25) is 0 Å². The van der Waals surface area contributed by atoms with Gasteiger partial charge in [-0.3, -0.25) is 0 Å². The third kappa shape index (κ3) is 11.0. The fourth-order valence-electron chi connectivity index (χ4n) is 2.24. The molecule has 1 aromatic rings. The third-order valence-electron chi connectivity index (χ3n) is 3.48. The number of hydrogen-bond donors (Lipinski definition) is 1. The fourth-order valence-corrected chi connectivity index (χ4v) is 2.24. The first-order valence-electron chi connectivity index (χ1n) is 9.31. The van der Waals surface area contributed by atoms with Crippen LogP contribution in [0.3, 0.4) is 0 Å². The van der Waals surface area contributed by atoms with Gasteiger partial charge in [0.05, 0.1) is 6.04 Å². The van der Waals surface area contributed by atoms with Gasteiger partial charge in [-0.2, -0.15) is 0 Å². The van der Waals surface area contributed by atoms with Crippen LogP contribution in [0.25, 0.3) is 6.08 Å². The molecule has 0 spiro atoms. The highest BCUT2D eigenvalue weighted by Gasteiger charge is 2.15. The molecule has 0 radical (unpaired) electrons. The first kappa shape index (κ1) is 29.0. The maximum atomic E-state index is 13.1. The lowest BCUT2D eigenvalue weighted by Gasteiger charge is -2.18. The van der Waals surface area contributed by atoms with Crippen LogP contribution in [-0.4, -0.2) is 31.5 Å². The average molecular weight is 367 g/mol. The molecule has 2 atom stereocenters. The Morgan fingerprint density at radius 3 is 2.12 bits per heavy atom. The number of halogens is 1. The van der Waals surface area contributed by atoms with E-state index >= 15 is 0 Å². The van der Waals surface area contributed by atoms with Crippen LogP contribution < -0.4 is 5.73 Å². The van der Waals surface area contributed by atoms with Crippen LogP contribution in [-0.2, 0) is 11.2 Å². The van der Waals surface area contributed by atoms with Crippen LogP contribution in [0.5, 0.6) is 0 Å². The van der Waals surface area contributed by atoms with E-state index in [2.05, 4.69) is 25.8 Å². The van der Waals surface area contributed by atoms with Crippen LogP contribution >= 0.6 is 0 Å². The van der Waals surface area contributed by atoms with Crippen molar-refractivity contribution in [1.82, 2.24) is 5.12 Å². The Morgan fingerprint density at radius 2 is 1.73 bits per heavy atom. The summed E-state index contributed by atoms with van der Waals surface area (Å²) in [6.07, 6.45) is 5.56. The van der Waals surface area contributed by atoms with E-state index in [4.69, 9.17) is 0 Å². The largest absolute Gasteiger partial charge is 0.333 e. The molecular weight excluding hydrogens is 327 g/mol. The van der Waals surface area contributed by atoms with E-state index < -0.39 is 6.04 Å². The maximum Gasteiger partial charge on any atom is 0.140 e. The van der Waals surface area contributed by atoms with E-state index in [-0.39, 0.29) is 0 Å². The van der Waals surface area contributed by atoms with Crippen LogP contribution in [0.1, 0.15) is 63.6 Å². The van der Waals surface area contributed by atoms with Gasteiger partial charge in [-0.05, 0) is 42.5 Å². The smallest absolute Gasteiger partial charge is 0.140 e. The number of carbonyl (C=O) groups is 1. The zero-order valence-electron chi connectivity index (χ0n) is 17.8. The van der Waals surface area contributed by atoms with Gasteiger partial charge >= 0.3 is 0 Å². The highest BCUT2D eigenvalue weighted by molar-refractivity contribution is 5.59. The molecule has 0 aromatic heterocycles. The molecule has 2 N–H and O–H groups in total. The summed E-state index contributed by atoms with van der Waals surface area (Å²) in [4.78, 5) is 10.9. The number of carbonyl (C=O) groups excluding carboxylic acids is 1. The second kappa shape index (κ2) is 19.5. The number of aldehydes is 1. The second-order valence-corrected chi connectivity index (χ2v) is 5.03. The minimum atomic E-state index is -0.743. The van der Waals surface area contributed by atoms with Crippen molar-refractivity contribution < 1.29 is 9.28 Å². The zero-order valence-corrected chi connectivity index (χ0v) is 17.8. The third-order valence-corrected chi connectivity index (χ3v) is 3.48. The Bertz CT molecular complexity index is 487. The maximum absolute atomic E-state index is 13.1. The number of rotatable bonds is 8. The summed E-state index contributed by atoms with van der Waals surface area (Å²) in [5, 5.41) is 0.446. The Labute approximate surface area is 160 Å². The van der Waals surface area contributed by atoms with Crippen LogP contribution in [0.4, 0.5) is 4.48 Å². The van der Waals surface area contributed by atoms with E-state index in [0.717, 1.165) is 23.1 Å². The van der Waals surface area contributed by atoms with E-state index in [9.17, 15) is 9.28 Å². The average Bonchev–Trinajstić information content (AvgIpc) is 2.70. The summed E-state index contributed by atoms with van der Waals surface area (Å²) in [7, 11) is 2.76. The predicted molar refractivity (Wildman–Crippen MR) is 115 cm³/mol. The van der Waals surface area contributed by atoms with Gasteiger partial charge in [0, 0.05) is 7.05 Å². The lowest BCUT2D eigenvalue weighted by atomic mass is 9.90. The summed E-state index contributed by atoms with van der Waals surface area (Å²) in [5.74, 6) is 0.318. The van der Waals surface area contributed by atoms with Gasteiger partial charge in [0.15, 0.2) is 0 Å². The van der Waals surface area contributed by atoms with Gasteiger partial charge in [-0.15, -0.1) is 16.2 Å². The monoisotopic (exact) mass is 366 g/mol. The molecule has 26 heavy (non-hydrogen) atoms. The van der Waals surface area contributed by atoms with Crippen molar-refractivity contribution in [2.75, 3.05) is 14.1 Å². The molecule has 4 heteroatoms. The molecule has 0 aliphatic heterocycles. The molecule has 1 aromatic carbocycles. The number of hydrogen-bond acceptors (Lipinski definition) is 3. The van der Waals surface area contributed by atoms with Gasteiger partial charge in [0.1, 0.15) is 6.29 Å². The van der Waals surface area contributed by atoms with Crippen molar-refractivity contribution in [2.45, 2.75) is 59.4 Å². The molecule has 0 saturated heterocycles. The summed E-state index contributed by atoms with van der Waals surface area (Å²) >= 11 is 0. The molecule has 0 heterocycles. The number of likely N-dealkylation sites (N-methyl/N-ethyl adjacent to an activating group) is 1. The predicted octanol–water partition coefficient (Wildman–Crippen LogP) is 5.56. The van der Waals surface area contributed by atoms with E-state index in [1.165, 1.54) is 14.1 Å². The van der Waals surface area contributed by atoms with Crippen molar-refractivity contribution in [1.29, 1.82) is 0 Å². The molecule has 0 amide bonds. The minimum absolute atomic E-state index is 0.318. The van der Waals surface area contributed by atoms with Crippen molar-refractivity contribution in [3.8, 4) is 0 Å². The molecule has 3 nitrogen and oxygen atoms in total. The Balaban J connectivity index is -0.000000795. The van der Waals surface area contributed by atoms with Crippen LogP contribution in [0, 0.1) is 0 Å². The number of benzene rings is 1. The van der Waals surface area contributed by atoms with Gasteiger partial charge in [-0.1, -0.05) is 71.5 Å². The van der Waals surface area contributed by atoms with Crippen molar-refractivity contribution in [2.24, 2.45) is 5.73 Å².